The van der Waals surface area contributed by atoms with E-state index in [-0.39, 0.29) is 5.91 Å². The normalized spacial score (nSPS) is 14.6. The van der Waals surface area contributed by atoms with E-state index in [0.29, 0.717) is 12.6 Å². The summed E-state index contributed by atoms with van der Waals surface area (Å²) in [6.07, 6.45) is 2.24. The smallest absolute Gasteiger partial charge is 0.239 e. The van der Waals surface area contributed by atoms with Gasteiger partial charge in [0.2, 0.25) is 5.91 Å². The van der Waals surface area contributed by atoms with Crippen molar-refractivity contribution in [2.45, 2.75) is 25.8 Å². The minimum absolute atomic E-state index is 0.0528. The van der Waals surface area contributed by atoms with Crippen LogP contribution in [0.3, 0.4) is 0 Å². The molecule has 4 heteroatoms. The second-order valence-electron chi connectivity index (χ2n) is 4.27. The zero-order valence-electron chi connectivity index (χ0n) is 9.42. The van der Waals surface area contributed by atoms with E-state index in [1.165, 1.54) is 0 Å². The molecule has 4 N–H and O–H groups in total. The van der Waals surface area contributed by atoms with E-state index >= 15 is 0 Å². The molecule has 1 aromatic rings. The maximum atomic E-state index is 11.4. The van der Waals surface area contributed by atoms with Crippen molar-refractivity contribution in [1.82, 2.24) is 5.32 Å². The summed E-state index contributed by atoms with van der Waals surface area (Å²) in [5, 5.41) is 6.00. The molecule has 4 nitrogen and oxygen atoms in total. The molecule has 0 bridgehead atoms. The van der Waals surface area contributed by atoms with Crippen molar-refractivity contribution in [3.63, 3.8) is 0 Å². The van der Waals surface area contributed by atoms with Gasteiger partial charge in [-0.25, -0.2) is 0 Å². The van der Waals surface area contributed by atoms with Gasteiger partial charge in [-0.05, 0) is 43.5 Å². The first-order valence-electron chi connectivity index (χ1n) is 5.54. The molecule has 1 aliphatic rings. The van der Waals surface area contributed by atoms with Crippen molar-refractivity contribution in [2.24, 2.45) is 0 Å². The summed E-state index contributed by atoms with van der Waals surface area (Å²) in [5.41, 5.74) is 8.43. The third-order valence-electron chi connectivity index (χ3n) is 2.67. The minimum Gasteiger partial charge on any atom is -0.399 e. The molecular weight excluding hydrogens is 202 g/mol. The predicted octanol–water partition coefficient (Wildman–Crippen LogP) is 1.27. The molecule has 16 heavy (non-hydrogen) atoms. The molecule has 2 rings (SSSR count). The molecule has 1 aromatic carbocycles. The Morgan fingerprint density at radius 3 is 2.88 bits per heavy atom. The predicted molar refractivity (Wildman–Crippen MR) is 65.2 cm³/mol. The summed E-state index contributed by atoms with van der Waals surface area (Å²) < 4.78 is 0. The quantitative estimate of drug-likeness (QED) is 0.668. The van der Waals surface area contributed by atoms with Gasteiger partial charge in [0.1, 0.15) is 0 Å². The molecular formula is C12H17N3O. The highest BCUT2D eigenvalue weighted by atomic mass is 16.2. The lowest BCUT2D eigenvalue weighted by Gasteiger charge is -2.08. The van der Waals surface area contributed by atoms with Crippen molar-refractivity contribution in [3.05, 3.63) is 23.8 Å². The fraction of sp³-hybridized carbons (Fsp3) is 0.417. The van der Waals surface area contributed by atoms with Gasteiger partial charge >= 0.3 is 0 Å². The Morgan fingerprint density at radius 2 is 2.25 bits per heavy atom. The second kappa shape index (κ2) is 4.43. The van der Waals surface area contributed by atoms with E-state index in [4.69, 9.17) is 5.73 Å². The highest BCUT2D eigenvalue weighted by Gasteiger charge is 2.22. The number of hydrogen-bond donors (Lipinski definition) is 3. The van der Waals surface area contributed by atoms with Gasteiger partial charge in [-0.1, -0.05) is 0 Å². The summed E-state index contributed by atoms with van der Waals surface area (Å²) in [4.78, 5) is 11.4. The van der Waals surface area contributed by atoms with Gasteiger partial charge in [-0.15, -0.1) is 0 Å². The lowest BCUT2D eigenvalue weighted by atomic mass is 10.2. The Hall–Kier alpha value is -1.71. The van der Waals surface area contributed by atoms with E-state index in [0.717, 1.165) is 29.8 Å². The van der Waals surface area contributed by atoms with Crippen molar-refractivity contribution in [3.8, 4) is 0 Å². The maximum Gasteiger partial charge on any atom is 0.239 e. The Balaban J connectivity index is 1.83. The van der Waals surface area contributed by atoms with Gasteiger partial charge in [0.25, 0.3) is 0 Å². The number of aryl methyl sites for hydroxylation is 1. The van der Waals surface area contributed by atoms with Crippen LogP contribution in [0.2, 0.25) is 0 Å². The fourth-order valence-corrected chi connectivity index (χ4v) is 1.47. The van der Waals surface area contributed by atoms with Crippen LogP contribution in [0.4, 0.5) is 11.4 Å². The average Bonchev–Trinajstić information content (AvgIpc) is 3.04. The van der Waals surface area contributed by atoms with Gasteiger partial charge in [0, 0.05) is 17.4 Å². The van der Waals surface area contributed by atoms with Gasteiger partial charge in [-0.2, -0.15) is 0 Å². The molecule has 1 amide bonds. The highest BCUT2D eigenvalue weighted by Crippen LogP contribution is 2.18. The molecule has 86 valence electrons. The molecule has 0 heterocycles. The summed E-state index contributed by atoms with van der Waals surface area (Å²) in [5.74, 6) is 0.0528. The average molecular weight is 219 g/mol. The monoisotopic (exact) mass is 219 g/mol. The summed E-state index contributed by atoms with van der Waals surface area (Å²) >= 11 is 0. The molecule has 0 spiro atoms. The largest absolute Gasteiger partial charge is 0.399 e. The van der Waals surface area contributed by atoms with E-state index in [9.17, 15) is 4.79 Å². The van der Waals surface area contributed by atoms with Crippen LogP contribution in [-0.2, 0) is 4.79 Å². The number of hydrogen-bond acceptors (Lipinski definition) is 3. The first-order valence-corrected chi connectivity index (χ1v) is 5.54. The summed E-state index contributed by atoms with van der Waals surface area (Å²) in [6.45, 7) is 2.27. The highest BCUT2D eigenvalue weighted by molar-refractivity contribution is 5.81. The molecule has 0 saturated heterocycles. The summed E-state index contributed by atoms with van der Waals surface area (Å²) in [7, 11) is 0. The number of anilines is 2. The van der Waals surface area contributed by atoms with Crippen molar-refractivity contribution in [1.29, 1.82) is 0 Å². The van der Waals surface area contributed by atoms with Crippen molar-refractivity contribution >= 4 is 17.3 Å². The minimum atomic E-state index is 0.0528. The number of nitrogens with one attached hydrogen (secondary N) is 2. The van der Waals surface area contributed by atoms with Crippen molar-refractivity contribution in [2.75, 3.05) is 17.6 Å². The maximum absolute atomic E-state index is 11.4. The Labute approximate surface area is 95.2 Å². The van der Waals surface area contributed by atoms with Gasteiger partial charge in [-0.3, -0.25) is 4.79 Å². The van der Waals surface area contributed by atoms with Gasteiger partial charge in [0.15, 0.2) is 0 Å². The molecule has 0 unspecified atom stereocenters. The van der Waals surface area contributed by atoms with E-state index in [1.807, 2.05) is 25.1 Å². The Morgan fingerprint density at radius 1 is 1.50 bits per heavy atom. The van der Waals surface area contributed by atoms with Crippen LogP contribution in [0.1, 0.15) is 18.4 Å². The molecule has 1 aliphatic carbocycles. The van der Waals surface area contributed by atoms with Crippen molar-refractivity contribution < 1.29 is 4.79 Å². The number of carbonyl (C=O) groups excluding carboxylic acids is 1. The van der Waals surface area contributed by atoms with Gasteiger partial charge < -0.3 is 16.4 Å². The zero-order chi connectivity index (χ0) is 11.5. The van der Waals surface area contributed by atoms with E-state index < -0.39 is 0 Å². The molecule has 0 atom stereocenters. The molecule has 0 radical (unpaired) electrons. The number of nitrogen functional groups attached to an aromatic ring is 1. The third-order valence-corrected chi connectivity index (χ3v) is 2.67. The number of carbonyl (C=O) groups is 1. The third kappa shape index (κ3) is 2.89. The lowest BCUT2D eigenvalue weighted by Crippen LogP contribution is -2.31. The topological polar surface area (TPSA) is 67.2 Å². The first kappa shape index (κ1) is 10.8. The van der Waals surface area contributed by atoms with E-state index in [1.54, 1.807) is 0 Å². The standard InChI is InChI=1S/C12H17N3O/c1-8-6-10(4-5-11(8)13)14-7-12(16)15-9-2-3-9/h4-6,9,14H,2-3,7,13H2,1H3,(H,15,16). The molecule has 1 saturated carbocycles. The zero-order valence-corrected chi connectivity index (χ0v) is 9.42. The van der Waals surface area contributed by atoms with Crippen LogP contribution < -0.4 is 16.4 Å². The van der Waals surface area contributed by atoms with Crippen LogP contribution >= 0.6 is 0 Å². The SMILES string of the molecule is Cc1cc(NCC(=O)NC2CC2)ccc1N. The summed E-state index contributed by atoms with van der Waals surface area (Å²) in [6, 6.07) is 6.09. The fourth-order valence-electron chi connectivity index (χ4n) is 1.47. The van der Waals surface area contributed by atoms with Crippen LogP contribution in [0.5, 0.6) is 0 Å². The molecule has 1 fully saturated rings. The number of amides is 1. The second-order valence-corrected chi connectivity index (χ2v) is 4.27. The van der Waals surface area contributed by atoms with E-state index in [2.05, 4.69) is 10.6 Å². The molecule has 0 aliphatic heterocycles. The van der Waals surface area contributed by atoms with Crippen LogP contribution in [0, 0.1) is 6.92 Å². The molecule has 0 aromatic heterocycles. The van der Waals surface area contributed by atoms with Gasteiger partial charge in [0.05, 0.1) is 6.54 Å². The van der Waals surface area contributed by atoms with Crippen LogP contribution in [0.15, 0.2) is 18.2 Å². The number of nitrogens with two attached hydrogens (primary N) is 1. The Kier molecular flexibility index (Phi) is 2.99. The van der Waals surface area contributed by atoms with Crippen LogP contribution in [-0.4, -0.2) is 18.5 Å². The first-order chi connectivity index (χ1) is 7.65. The Bertz CT molecular complexity index is 399. The van der Waals surface area contributed by atoms with Crippen LogP contribution in [0.25, 0.3) is 0 Å². The number of rotatable bonds is 4. The lowest BCUT2D eigenvalue weighted by molar-refractivity contribution is -0.119. The number of benzene rings is 1.